The van der Waals surface area contributed by atoms with Crippen LogP contribution in [0.15, 0.2) is 71.6 Å². The number of nitrogens with zero attached hydrogens (tertiary/aromatic N) is 4. The van der Waals surface area contributed by atoms with Crippen molar-refractivity contribution in [1.29, 1.82) is 0 Å². The number of anilines is 1. The lowest BCUT2D eigenvalue weighted by atomic mass is 10.0. The highest BCUT2D eigenvalue weighted by molar-refractivity contribution is 7.89. The second kappa shape index (κ2) is 8.89. The van der Waals surface area contributed by atoms with E-state index in [2.05, 4.69) is 9.97 Å². The van der Waals surface area contributed by atoms with E-state index in [1.54, 1.807) is 41.3 Å². The van der Waals surface area contributed by atoms with Crippen molar-refractivity contribution in [2.75, 3.05) is 18.8 Å². The van der Waals surface area contributed by atoms with Crippen molar-refractivity contribution in [2.24, 2.45) is 0 Å². The second-order valence-corrected chi connectivity index (χ2v) is 11.2. The summed E-state index contributed by atoms with van der Waals surface area (Å²) in [5, 5.41) is 0.477. The maximum absolute atomic E-state index is 13.8. The highest BCUT2D eigenvalue weighted by atomic mass is 32.2. The van der Waals surface area contributed by atoms with Gasteiger partial charge in [0.2, 0.25) is 16.0 Å². The van der Waals surface area contributed by atoms with Gasteiger partial charge in [0, 0.05) is 37.1 Å². The summed E-state index contributed by atoms with van der Waals surface area (Å²) in [6.07, 6.45) is -0.988. The molecule has 10 heteroatoms. The number of alkyl halides is 1. The molecule has 0 radical (unpaired) electrons. The summed E-state index contributed by atoms with van der Waals surface area (Å²) >= 11 is 0. The fraction of sp³-hybridized carbons (Fsp3) is 0.222. The predicted octanol–water partition coefficient (Wildman–Crippen LogP) is 3.77. The first kappa shape index (κ1) is 23.5. The van der Waals surface area contributed by atoms with Gasteiger partial charge >= 0.3 is 0 Å². The molecular weight excluding hydrogens is 493 g/mol. The van der Waals surface area contributed by atoms with E-state index in [4.69, 9.17) is 5.73 Å². The molecule has 37 heavy (non-hydrogen) atoms. The number of carbonyl (C=O) groups excluding carboxylic acids is 1. The van der Waals surface area contributed by atoms with Gasteiger partial charge in [0.05, 0.1) is 10.4 Å². The average Bonchev–Trinajstić information content (AvgIpc) is 3.54. The number of fused-ring (bicyclic) bond motifs is 2. The lowest BCUT2D eigenvalue weighted by Crippen LogP contribution is -2.29. The van der Waals surface area contributed by atoms with Crippen LogP contribution in [0.1, 0.15) is 28.0 Å². The van der Waals surface area contributed by atoms with Crippen LogP contribution in [0.2, 0.25) is 0 Å². The number of hydrogen-bond acceptors (Lipinski definition) is 6. The topological polar surface area (TPSA) is 109 Å². The quantitative estimate of drug-likeness (QED) is 0.441. The van der Waals surface area contributed by atoms with E-state index < -0.39 is 16.2 Å². The third-order valence-corrected chi connectivity index (χ3v) is 8.88. The van der Waals surface area contributed by atoms with Crippen molar-refractivity contribution in [1.82, 2.24) is 19.2 Å². The van der Waals surface area contributed by atoms with Crippen LogP contribution in [-0.2, 0) is 23.1 Å². The molecule has 188 valence electrons. The van der Waals surface area contributed by atoms with Crippen LogP contribution in [0.5, 0.6) is 0 Å². The van der Waals surface area contributed by atoms with Gasteiger partial charge in [-0.05, 0) is 41.3 Å². The maximum Gasteiger partial charge on any atom is 0.273 e. The van der Waals surface area contributed by atoms with E-state index in [0.29, 0.717) is 35.1 Å². The molecule has 6 rings (SSSR count). The zero-order valence-corrected chi connectivity index (χ0v) is 20.7. The number of nitrogens with two attached hydrogens (primary N) is 1. The van der Waals surface area contributed by atoms with Gasteiger partial charge in [-0.1, -0.05) is 48.5 Å². The first-order valence-corrected chi connectivity index (χ1v) is 13.4. The minimum atomic E-state index is -3.91. The van der Waals surface area contributed by atoms with Crippen molar-refractivity contribution in [3.8, 4) is 11.1 Å². The van der Waals surface area contributed by atoms with Gasteiger partial charge in [-0.15, -0.1) is 0 Å². The first-order valence-electron chi connectivity index (χ1n) is 12.0. The molecular formula is C27H24FN5O3S. The van der Waals surface area contributed by atoms with E-state index in [1.807, 2.05) is 24.3 Å². The Labute approximate surface area is 213 Å². The number of nitrogen functional groups attached to an aromatic ring is 1. The zero-order chi connectivity index (χ0) is 25.7. The Morgan fingerprint density at radius 3 is 2.38 bits per heavy atom. The number of sulfonamides is 1. The Bertz CT molecular complexity index is 1630. The van der Waals surface area contributed by atoms with E-state index in [9.17, 15) is 17.6 Å². The Kier molecular flexibility index (Phi) is 5.65. The summed E-state index contributed by atoms with van der Waals surface area (Å²) in [5.41, 5.74) is 9.79. The molecule has 1 atom stereocenters. The summed E-state index contributed by atoms with van der Waals surface area (Å²) in [7, 11) is -3.91. The van der Waals surface area contributed by atoms with Gasteiger partial charge < -0.3 is 10.6 Å². The summed E-state index contributed by atoms with van der Waals surface area (Å²) in [6, 6.07) is 19.7. The fourth-order valence-corrected chi connectivity index (χ4v) is 6.77. The standard InChI is InChI=1S/C27H24FN5O3S/c28-20-11-12-33(16-20)37(35,36)24-8-4-3-7-21(24)17-9-10-23-22(13-17)25(31-27(29)30-23)26(34)32-14-18-5-1-2-6-19(18)15-32/h1-10,13,20H,11-12,14-16H2,(H2,29,30,31)/t20-/m0/s1. The van der Waals surface area contributed by atoms with Gasteiger partial charge in [0.1, 0.15) is 11.9 Å². The molecule has 0 bridgehead atoms. The molecule has 1 saturated heterocycles. The van der Waals surface area contributed by atoms with Gasteiger partial charge in [0.25, 0.3) is 5.91 Å². The molecule has 1 amide bonds. The van der Waals surface area contributed by atoms with Gasteiger partial charge in [-0.2, -0.15) is 4.31 Å². The van der Waals surface area contributed by atoms with Crippen LogP contribution in [0.4, 0.5) is 10.3 Å². The molecule has 3 heterocycles. The Hall–Kier alpha value is -3.89. The number of hydrogen-bond donors (Lipinski definition) is 1. The molecule has 1 aromatic heterocycles. The number of carbonyl (C=O) groups is 1. The van der Waals surface area contributed by atoms with Crippen LogP contribution >= 0.6 is 0 Å². The van der Waals surface area contributed by atoms with Crippen LogP contribution in [0.25, 0.3) is 22.0 Å². The molecule has 3 aromatic carbocycles. The minimum Gasteiger partial charge on any atom is -0.368 e. The Morgan fingerprint density at radius 1 is 0.973 bits per heavy atom. The molecule has 2 aliphatic heterocycles. The first-order chi connectivity index (χ1) is 17.8. The van der Waals surface area contributed by atoms with Crippen molar-refractivity contribution in [3.05, 3.63) is 83.6 Å². The molecule has 2 N–H and O–H groups in total. The van der Waals surface area contributed by atoms with E-state index >= 15 is 0 Å². The summed E-state index contributed by atoms with van der Waals surface area (Å²) in [4.78, 5) is 24.0. The van der Waals surface area contributed by atoms with Gasteiger partial charge in [-0.25, -0.2) is 22.8 Å². The highest BCUT2D eigenvalue weighted by Crippen LogP contribution is 2.34. The number of rotatable bonds is 4. The van der Waals surface area contributed by atoms with Crippen molar-refractivity contribution in [3.63, 3.8) is 0 Å². The monoisotopic (exact) mass is 517 g/mol. The predicted molar refractivity (Wildman–Crippen MR) is 138 cm³/mol. The minimum absolute atomic E-state index is 0.0156. The fourth-order valence-electron chi connectivity index (χ4n) is 5.08. The second-order valence-electron chi connectivity index (χ2n) is 9.34. The summed E-state index contributed by atoms with van der Waals surface area (Å²) in [5.74, 6) is -0.294. The molecule has 1 fully saturated rings. The van der Waals surface area contributed by atoms with Crippen LogP contribution in [0, 0.1) is 0 Å². The highest BCUT2D eigenvalue weighted by Gasteiger charge is 2.34. The Balaban J connectivity index is 1.43. The largest absolute Gasteiger partial charge is 0.368 e. The lowest BCUT2D eigenvalue weighted by molar-refractivity contribution is 0.0747. The average molecular weight is 518 g/mol. The smallest absolute Gasteiger partial charge is 0.273 e. The van der Waals surface area contributed by atoms with Crippen molar-refractivity contribution in [2.45, 2.75) is 30.6 Å². The van der Waals surface area contributed by atoms with E-state index in [-0.39, 0.29) is 42.0 Å². The molecule has 0 saturated carbocycles. The Morgan fingerprint density at radius 2 is 1.68 bits per heavy atom. The van der Waals surface area contributed by atoms with E-state index in [1.165, 1.54) is 10.4 Å². The summed E-state index contributed by atoms with van der Waals surface area (Å²) in [6.45, 7) is 0.914. The molecule has 0 spiro atoms. The SMILES string of the molecule is Nc1nc(C(=O)N2Cc3ccccc3C2)c2cc(-c3ccccc3S(=O)(=O)N3CC[C@H](F)C3)ccc2n1. The van der Waals surface area contributed by atoms with Gasteiger partial charge in [0.15, 0.2) is 0 Å². The third kappa shape index (κ3) is 4.11. The molecule has 0 aliphatic carbocycles. The number of benzene rings is 3. The number of aromatic nitrogens is 2. The number of amides is 1. The summed E-state index contributed by atoms with van der Waals surface area (Å²) < 4.78 is 41.8. The molecule has 0 unspecified atom stereocenters. The molecule has 4 aromatic rings. The van der Waals surface area contributed by atoms with Crippen molar-refractivity contribution < 1.29 is 17.6 Å². The normalized spacial score (nSPS) is 17.9. The lowest BCUT2D eigenvalue weighted by Gasteiger charge is -2.19. The third-order valence-electron chi connectivity index (χ3n) is 6.95. The van der Waals surface area contributed by atoms with E-state index in [0.717, 1.165) is 11.1 Å². The zero-order valence-electron chi connectivity index (χ0n) is 19.8. The van der Waals surface area contributed by atoms with Crippen LogP contribution < -0.4 is 5.73 Å². The number of halogens is 1. The van der Waals surface area contributed by atoms with Gasteiger partial charge in [-0.3, -0.25) is 4.79 Å². The van der Waals surface area contributed by atoms with Crippen molar-refractivity contribution >= 4 is 32.8 Å². The molecule has 2 aliphatic rings. The maximum atomic E-state index is 13.8. The van der Waals surface area contributed by atoms with Crippen LogP contribution in [0.3, 0.4) is 0 Å². The molecule has 8 nitrogen and oxygen atoms in total. The van der Waals surface area contributed by atoms with Crippen LogP contribution in [-0.4, -0.2) is 52.8 Å².